The molecular formula is C20H42O4S. The molecule has 0 radical (unpaired) electrons. The van der Waals surface area contributed by atoms with Crippen molar-refractivity contribution in [3.05, 3.63) is 0 Å². The molecule has 0 aliphatic carbocycles. The van der Waals surface area contributed by atoms with E-state index < -0.39 is 21.5 Å². The first-order chi connectivity index (χ1) is 11.9. The van der Waals surface area contributed by atoms with Gasteiger partial charge in [-0.1, -0.05) is 96.8 Å². The lowest BCUT2D eigenvalue weighted by Gasteiger charge is -2.15. The maximum Gasteiger partial charge on any atom is 0.267 e. The maximum atomic E-state index is 11.3. The van der Waals surface area contributed by atoms with Gasteiger partial charge in [0.2, 0.25) is 0 Å². The Morgan fingerprint density at radius 1 is 0.720 bits per heavy atom. The van der Waals surface area contributed by atoms with Crippen LogP contribution in [0.25, 0.3) is 0 Å². The van der Waals surface area contributed by atoms with Gasteiger partial charge in [0.25, 0.3) is 10.1 Å². The molecule has 0 saturated carbocycles. The van der Waals surface area contributed by atoms with Crippen molar-refractivity contribution in [3.63, 3.8) is 0 Å². The van der Waals surface area contributed by atoms with E-state index in [1.807, 2.05) is 0 Å². The third-order valence-corrected chi connectivity index (χ3v) is 6.18. The van der Waals surface area contributed by atoms with Crippen LogP contribution >= 0.6 is 0 Å². The monoisotopic (exact) mass is 378 g/mol. The predicted molar refractivity (Wildman–Crippen MR) is 107 cm³/mol. The fraction of sp³-hybridized carbons (Fsp3) is 1.00. The smallest absolute Gasteiger partial charge is 0.267 e. The van der Waals surface area contributed by atoms with Crippen molar-refractivity contribution in [3.8, 4) is 0 Å². The van der Waals surface area contributed by atoms with Gasteiger partial charge in [0.1, 0.15) is 0 Å². The van der Waals surface area contributed by atoms with E-state index in [9.17, 15) is 18.1 Å². The molecule has 0 aliphatic rings. The van der Waals surface area contributed by atoms with E-state index in [2.05, 4.69) is 6.92 Å². The van der Waals surface area contributed by atoms with Crippen LogP contribution in [-0.2, 0) is 10.1 Å². The quantitative estimate of drug-likeness (QED) is 0.230. The van der Waals surface area contributed by atoms with Crippen LogP contribution in [-0.4, -0.2) is 29.4 Å². The Hall–Kier alpha value is -0.130. The van der Waals surface area contributed by atoms with Gasteiger partial charge >= 0.3 is 0 Å². The van der Waals surface area contributed by atoms with Crippen LogP contribution in [0, 0.1) is 0 Å². The lowest BCUT2D eigenvalue weighted by atomic mass is 10.0. The molecule has 25 heavy (non-hydrogen) atoms. The maximum absolute atomic E-state index is 11.3. The molecule has 0 aromatic heterocycles. The zero-order valence-corrected chi connectivity index (χ0v) is 17.4. The Morgan fingerprint density at radius 3 is 1.40 bits per heavy atom. The van der Waals surface area contributed by atoms with Crippen LogP contribution in [0.1, 0.15) is 117 Å². The highest BCUT2D eigenvalue weighted by atomic mass is 32.2. The van der Waals surface area contributed by atoms with Crippen molar-refractivity contribution < 1.29 is 18.1 Å². The van der Waals surface area contributed by atoms with E-state index in [-0.39, 0.29) is 6.42 Å². The first kappa shape index (κ1) is 24.9. The van der Waals surface area contributed by atoms with Crippen LogP contribution in [0.4, 0.5) is 0 Å². The molecule has 0 aromatic rings. The number of unbranched alkanes of at least 4 members (excludes halogenated alkanes) is 13. The van der Waals surface area contributed by atoms with Crippen LogP contribution in [0.5, 0.6) is 0 Å². The minimum absolute atomic E-state index is 0.122. The number of aliphatic hydroxyl groups excluding tert-OH is 1. The second kappa shape index (κ2) is 16.1. The second-order valence-corrected chi connectivity index (χ2v) is 9.30. The van der Waals surface area contributed by atoms with Gasteiger partial charge < -0.3 is 5.11 Å². The van der Waals surface area contributed by atoms with E-state index in [4.69, 9.17) is 0 Å². The molecule has 4 nitrogen and oxygen atoms in total. The van der Waals surface area contributed by atoms with Gasteiger partial charge in [0.15, 0.2) is 0 Å². The van der Waals surface area contributed by atoms with Gasteiger partial charge in [-0.05, 0) is 19.8 Å². The Balaban J connectivity index is 3.43. The van der Waals surface area contributed by atoms with Crippen molar-refractivity contribution in [2.24, 2.45) is 0 Å². The lowest BCUT2D eigenvalue weighted by molar-refractivity contribution is 0.179. The highest BCUT2D eigenvalue weighted by Crippen LogP contribution is 2.18. The summed E-state index contributed by atoms with van der Waals surface area (Å²) in [6.45, 7) is 3.81. The summed E-state index contributed by atoms with van der Waals surface area (Å²) in [5.74, 6) is 0. The molecule has 0 saturated heterocycles. The minimum Gasteiger partial charge on any atom is -0.393 e. The van der Waals surface area contributed by atoms with Crippen molar-refractivity contribution in [2.75, 3.05) is 0 Å². The topological polar surface area (TPSA) is 74.6 Å². The van der Waals surface area contributed by atoms with Gasteiger partial charge in [0.05, 0.1) is 11.4 Å². The standard InChI is InChI=1S/C20H42O4S/c1-3-4-5-6-7-8-9-10-11-12-13-14-15-16-17-20(18-19(2)21)25(22,23)24/h19-21H,3-18H2,1-2H3,(H,22,23,24). The minimum atomic E-state index is -4.04. The molecule has 2 N–H and O–H groups in total. The molecule has 2 unspecified atom stereocenters. The Labute approximate surface area is 156 Å². The summed E-state index contributed by atoms with van der Waals surface area (Å²) in [7, 11) is -4.04. The van der Waals surface area contributed by atoms with Crippen molar-refractivity contribution in [1.82, 2.24) is 0 Å². The fourth-order valence-corrected chi connectivity index (χ4v) is 4.32. The predicted octanol–water partition coefficient (Wildman–Crippen LogP) is 5.89. The third kappa shape index (κ3) is 17.1. The lowest BCUT2D eigenvalue weighted by Crippen LogP contribution is -2.24. The zero-order chi connectivity index (χ0) is 19.0. The fourth-order valence-electron chi connectivity index (χ4n) is 3.34. The van der Waals surface area contributed by atoms with Gasteiger partial charge in [-0.25, -0.2) is 0 Å². The molecule has 152 valence electrons. The van der Waals surface area contributed by atoms with E-state index in [1.54, 1.807) is 6.92 Å². The first-order valence-corrected chi connectivity index (χ1v) is 12.0. The second-order valence-electron chi connectivity index (χ2n) is 7.61. The molecule has 0 heterocycles. The van der Waals surface area contributed by atoms with E-state index in [0.29, 0.717) is 6.42 Å². The largest absolute Gasteiger partial charge is 0.393 e. The van der Waals surface area contributed by atoms with Gasteiger partial charge in [-0.2, -0.15) is 8.42 Å². The summed E-state index contributed by atoms with van der Waals surface area (Å²) in [6.07, 6.45) is 17.6. The molecule has 0 rings (SSSR count). The Kier molecular flexibility index (Phi) is 16.0. The molecular weight excluding hydrogens is 336 g/mol. The molecule has 0 spiro atoms. The van der Waals surface area contributed by atoms with E-state index >= 15 is 0 Å². The summed E-state index contributed by atoms with van der Waals surface area (Å²) in [5.41, 5.74) is 0. The number of hydrogen-bond acceptors (Lipinski definition) is 3. The highest BCUT2D eigenvalue weighted by molar-refractivity contribution is 7.86. The highest BCUT2D eigenvalue weighted by Gasteiger charge is 2.23. The molecule has 0 aliphatic heterocycles. The number of aliphatic hydroxyl groups is 1. The van der Waals surface area contributed by atoms with Crippen LogP contribution in [0.15, 0.2) is 0 Å². The molecule has 0 aromatic carbocycles. The first-order valence-electron chi connectivity index (χ1n) is 10.5. The zero-order valence-electron chi connectivity index (χ0n) is 16.6. The SMILES string of the molecule is CCCCCCCCCCCCCCCCC(CC(C)O)S(=O)(=O)O. The average Bonchev–Trinajstić information content (AvgIpc) is 2.52. The summed E-state index contributed by atoms with van der Waals surface area (Å²) < 4.78 is 31.7. The number of rotatable bonds is 18. The van der Waals surface area contributed by atoms with Crippen LogP contribution < -0.4 is 0 Å². The normalized spacial score (nSPS) is 14.6. The summed E-state index contributed by atoms with van der Waals surface area (Å²) in [4.78, 5) is 0. The molecule has 0 bridgehead atoms. The number of hydrogen-bond donors (Lipinski definition) is 2. The summed E-state index contributed by atoms with van der Waals surface area (Å²) in [6, 6.07) is 0. The summed E-state index contributed by atoms with van der Waals surface area (Å²) in [5, 5.41) is 8.51. The van der Waals surface area contributed by atoms with Gasteiger partial charge in [0, 0.05) is 0 Å². The van der Waals surface area contributed by atoms with Crippen LogP contribution in [0.2, 0.25) is 0 Å². The van der Waals surface area contributed by atoms with Crippen molar-refractivity contribution >= 4 is 10.1 Å². The molecule has 0 fully saturated rings. The van der Waals surface area contributed by atoms with Crippen molar-refractivity contribution in [1.29, 1.82) is 0 Å². The Bertz CT molecular complexity index is 379. The Morgan fingerprint density at radius 2 is 1.08 bits per heavy atom. The average molecular weight is 379 g/mol. The third-order valence-electron chi connectivity index (χ3n) is 4.90. The molecule has 0 amide bonds. The van der Waals surface area contributed by atoms with E-state index in [1.165, 1.54) is 70.6 Å². The van der Waals surface area contributed by atoms with Crippen molar-refractivity contribution in [2.45, 2.75) is 128 Å². The molecule has 2 atom stereocenters. The van der Waals surface area contributed by atoms with Gasteiger partial charge in [-0.3, -0.25) is 4.55 Å². The molecule has 5 heteroatoms. The summed E-state index contributed by atoms with van der Waals surface area (Å²) >= 11 is 0. The van der Waals surface area contributed by atoms with E-state index in [0.717, 1.165) is 19.3 Å². The van der Waals surface area contributed by atoms with Crippen LogP contribution in [0.3, 0.4) is 0 Å². The van der Waals surface area contributed by atoms with Gasteiger partial charge in [-0.15, -0.1) is 0 Å².